The van der Waals surface area contributed by atoms with E-state index < -0.39 is 0 Å². The molecule has 1 saturated carbocycles. The minimum atomic E-state index is 0.198. The molecule has 142 valence electrons. The molecule has 0 unspecified atom stereocenters. The Morgan fingerprint density at radius 3 is 2.60 bits per heavy atom. The zero-order chi connectivity index (χ0) is 17.8. The van der Waals surface area contributed by atoms with Gasteiger partial charge in [0, 0.05) is 32.8 Å². The van der Waals surface area contributed by atoms with Gasteiger partial charge in [0.2, 0.25) is 0 Å². The summed E-state index contributed by atoms with van der Waals surface area (Å²) < 4.78 is 2.00. The molecule has 1 aromatic heterocycles. The number of aryl methyl sites for hydroxylation is 1. The number of hydrogen-bond acceptors (Lipinski definition) is 4. The molecular formula is C18H34N6O. The first-order valence-electron chi connectivity index (χ1n) is 9.73. The number of nitrogens with zero attached hydrogens (tertiary/aromatic N) is 4. The van der Waals surface area contributed by atoms with Crippen molar-refractivity contribution in [3.8, 4) is 0 Å². The van der Waals surface area contributed by atoms with Crippen molar-refractivity contribution in [2.24, 2.45) is 10.4 Å². The first kappa shape index (κ1) is 19.7. The van der Waals surface area contributed by atoms with Crippen molar-refractivity contribution < 1.29 is 5.11 Å². The predicted octanol–water partition coefficient (Wildman–Crippen LogP) is 1.95. The Balaban J connectivity index is 1.76. The molecule has 1 aromatic rings. The van der Waals surface area contributed by atoms with E-state index in [1.165, 1.54) is 32.1 Å². The van der Waals surface area contributed by atoms with Gasteiger partial charge in [-0.15, -0.1) is 10.2 Å². The highest BCUT2D eigenvalue weighted by molar-refractivity contribution is 5.79. The van der Waals surface area contributed by atoms with E-state index >= 15 is 0 Å². The number of rotatable bonds is 10. The molecule has 0 atom stereocenters. The number of aliphatic imine (C=N–C) groups is 1. The molecule has 2 rings (SSSR count). The van der Waals surface area contributed by atoms with Gasteiger partial charge in [-0.3, -0.25) is 4.99 Å². The first-order chi connectivity index (χ1) is 12.3. The normalized spacial score (nSPS) is 17.4. The van der Waals surface area contributed by atoms with Crippen LogP contribution in [0, 0.1) is 5.41 Å². The van der Waals surface area contributed by atoms with Crippen LogP contribution >= 0.6 is 0 Å². The van der Waals surface area contributed by atoms with Crippen LogP contribution in [-0.2, 0) is 6.54 Å². The predicted molar refractivity (Wildman–Crippen MR) is 100 cm³/mol. The highest BCUT2D eigenvalue weighted by atomic mass is 16.3. The number of guanidine groups is 1. The minimum Gasteiger partial charge on any atom is -0.396 e. The second-order valence-corrected chi connectivity index (χ2v) is 7.06. The van der Waals surface area contributed by atoms with E-state index in [2.05, 4.69) is 27.8 Å². The maximum absolute atomic E-state index is 9.44. The quantitative estimate of drug-likeness (QED) is 0.341. The Morgan fingerprint density at radius 1 is 1.16 bits per heavy atom. The number of hydrogen-bond donors (Lipinski definition) is 3. The fourth-order valence-corrected chi connectivity index (χ4v) is 3.58. The van der Waals surface area contributed by atoms with Crippen molar-refractivity contribution in [1.29, 1.82) is 0 Å². The molecule has 0 bridgehead atoms. The number of aliphatic hydroxyl groups excluding tert-OH is 1. The Hall–Kier alpha value is -1.63. The maximum atomic E-state index is 9.44. The van der Waals surface area contributed by atoms with E-state index in [9.17, 15) is 5.11 Å². The maximum Gasteiger partial charge on any atom is 0.191 e. The zero-order valence-corrected chi connectivity index (χ0v) is 15.6. The Bertz CT molecular complexity index is 476. The van der Waals surface area contributed by atoms with Gasteiger partial charge in [0.15, 0.2) is 5.96 Å². The Morgan fingerprint density at radius 2 is 1.92 bits per heavy atom. The third-order valence-corrected chi connectivity index (χ3v) is 5.08. The zero-order valence-electron chi connectivity index (χ0n) is 15.6. The van der Waals surface area contributed by atoms with Crippen molar-refractivity contribution in [2.75, 3.05) is 26.2 Å². The van der Waals surface area contributed by atoms with Gasteiger partial charge in [-0.1, -0.05) is 19.3 Å². The fourth-order valence-electron chi connectivity index (χ4n) is 3.58. The molecule has 0 saturated heterocycles. The van der Waals surface area contributed by atoms with E-state index in [4.69, 9.17) is 4.99 Å². The van der Waals surface area contributed by atoms with Gasteiger partial charge in [0.1, 0.15) is 12.7 Å². The van der Waals surface area contributed by atoms with Gasteiger partial charge in [-0.2, -0.15) is 0 Å². The van der Waals surface area contributed by atoms with E-state index in [1.807, 2.05) is 4.57 Å². The van der Waals surface area contributed by atoms with Crippen LogP contribution in [0.5, 0.6) is 0 Å². The van der Waals surface area contributed by atoms with Crippen LogP contribution in [-0.4, -0.2) is 52.1 Å². The molecule has 3 N–H and O–H groups in total. The van der Waals surface area contributed by atoms with Gasteiger partial charge in [0.25, 0.3) is 0 Å². The summed E-state index contributed by atoms with van der Waals surface area (Å²) in [4.78, 5) is 4.83. The van der Waals surface area contributed by atoms with Crippen LogP contribution in [0.1, 0.15) is 58.3 Å². The van der Waals surface area contributed by atoms with Gasteiger partial charge >= 0.3 is 0 Å². The summed E-state index contributed by atoms with van der Waals surface area (Å²) in [5.74, 6) is 0.898. The standard InChI is InChI=1S/C18H34N6O/c1-2-19-17(20-11-6-7-12-24-15-22-23-16-24)21-14-18(10-13-25)8-4-3-5-9-18/h15-16,25H,2-14H2,1H3,(H2,19,20,21). The molecule has 0 aromatic carbocycles. The van der Waals surface area contributed by atoms with Crippen molar-refractivity contribution in [2.45, 2.75) is 64.8 Å². The minimum absolute atomic E-state index is 0.198. The molecule has 1 aliphatic rings. The summed E-state index contributed by atoms with van der Waals surface area (Å²) in [6.07, 6.45) is 12.8. The highest BCUT2D eigenvalue weighted by Gasteiger charge is 2.31. The van der Waals surface area contributed by atoms with Crippen LogP contribution < -0.4 is 10.6 Å². The molecule has 7 heteroatoms. The molecule has 1 aliphatic carbocycles. The molecule has 7 nitrogen and oxygen atoms in total. The molecule has 0 amide bonds. The molecule has 1 heterocycles. The van der Waals surface area contributed by atoms with Crippen LogP contribution in [0.2, 0.25) is 0 Å². The van der Waals surface area contributed by atoms with E-state index in [1.54, 1.807) is 12.7 Å². The summed E-state index contributed by atoms with van der Waals surface area (Å²) in [6, 6.07) is 0. The number of unbranched alkanes of at least 4 members (excludes halogenated alkanes) is 1. The molecule has 0 radical (unpaired) electrons. The molecule has 25 heavy (non-hydrogen) atoms. The fraction of sp³-hybridized carbons (Fsp3) is 0.833. The van der Waals surface area contributed by atoms with Crippen LogP contribution in [0.4, 0.5) is 0 Å². The summed E-state index contributed by atoms with van der Waals surface area (Å²) in [6.45, 7) is 5.88. The lowest BCUT2D eigenvalue weighted by atomic mass is 9.72. The third-order valence-electron chi connectivity index (χ3n) is 5.08. The molecule has 0 spiro atoms. The summed E-state index contributed by atoms with van der Waals surface area (Å²) in [5, 5.41) is 23.8. The number of aromatic nitrogens is 3. The van der Waals surface area contributed by atoms with Crippen molar-refractivity contribution in [1.82, 2.24) is 25.4 Å². The molecular weight excluding hydrogens is 316 g/mol. The topological polar surface area (TPSA) is 87.4 Å². The lowest BCUT2D eigenvalue weighted by molar-refractivity contribution is 0.137. The lowest BCUT2D eigenvalue weighted by Crippen LogP contribution is -2.39. The lowest BCUT2D eigenvalue weighted by Gasteiger charge is -2.35. The van der Waals surface area contributed by atoms with Crippen LogP contribution in [0.25, 0.3) is 0 Å². The summed E-state index contributed by atoms with van der Waals surface area (Å²) in [7, 11) is 0. The third kappa shape index (κ3) is 7.02. The van der Waals surface area contributed by atoms with Crippen molar-refractivity contribution in [3.63, 3.8) is 0 Å². The van der Waals surface area contributed by atoms with Gasteiger partial charge in [0.05, 0.1) is 0 Å². The SMILES string of the molecule is CCNC(=NCC1(CCO)CCCCC1)NCCCCn1cnnc1. The van der Waals surface area contributed by atoms with Gasteiger partial charge in [-0.25, -0.2) is 0 Å². The second-order valence-electron chi connectivity index (χ2n) is 7.06. The summed E-state index contributed by atoms with van der Waals surface area (Å²) >= 11 is 0. The first-order valence-corrected chi connectivity index (χ1v) is 9.73. The Kier molecular flexibility index (Phi) is 8.72. The average molecular weight is 351 g/mol. The van der Waals surface area contributed by atoms with E-state index in [0.29, 0.717) is 0 Å². The number of aliphatic hydroxyl groups is 1. The largest absolute Gasteiger partial charge is 0.396 e. The summed E-state index contributed by atoms with van der Waals surface area (Å²) in [5.41, 5.74) is 0.198. The Labute approximate surface area is 151 Å². The smallest absolute Gasteiger partial charge is 0.191 e. The van der Waals surface area contributed by atoms with Crippen LogP contribution in [0.3, 0.4) is 0 Å². The van der Waals surface area contributed by atoms with Gasteiger partial charge < -0.3 is 20.3 Å². The molecule has 0 aliphatic heterocycles. The average Bonchev–Trinajstić information content (AvgIpc) is 3.14. The van der Waals surface area contributed by atoms with E-state index in [0.717, 1.165) is 51.4 Å². The molecule has 1 fully saturated rings. The highest BCUT2D eigenvalue weighted by Crippen LogP contribution is 2.39. The van der Waals surface area contributed by atoms with Crippen molar-refractivity contribution >= 4 is 5.96 Å². The van der Waals surface area contributed by atoms with Gasteiger partial charge in [-0.05, 0) is 44.4 Å². The number of nitrogens with one attached hydrogen (secondary N) is 2. The van der Waals surface area contributed by atoms with E-state index in [-0.39, 0.29) is 12.0 Å². The monoisotopic (exact) mass is 350 g/mol. The van der Waals surface area contributed by atoms with Crippen molar-refractivity contribution in [3.05, 3.63) is 12.7 Å². The van der Waals surface area contributed by atoms with Crippen LogP contribution in [0.15, 0.2) is 17.6 Å². The second kappa shape index (κ2) is 11.1.